The Kier molecular flexibility index (Phi) is 7.06. The Morgan fingerprint density at radius 1 is 0.774 bits per heavy atom. The Hall–Kier alpha value is -4.06. The number of ether oxygens (including phenoxy) is 3. The van der Waals surface area contributed by atoms with Crippen molar-refractivity contribution in [2.75, 3.05) is 26.6 Å². The first-order valence-corrected chi connectivity index (χ1v) is 9.54. The molecular weight excluding hydrogens is 394 g/mol. The van der Waals surface area contributed by atoms with E-state index < -0.39 is 0 Å². The van der Waals surface area contributed by atoms with Crippen molar-refractivity contribution >= 4 is 23.5 Å². The maximum Gasteiger partial charge on any atom is 0.255 e. The van der Waals surface area contributed by atoms with Gasteiger partial charge in [-0.2, -0.15) is 0 Å². The fraction of sp³-hybridized carbons (Fsp3) is 0.120. The summed E-state index contributed by atoms with van der Waals surface area (Å²) in [5.41, 5.74) is 2.41. The Labute approximate surface area is 181 Å². The third-order valence-corrected chi connectivity index (χ3v) is 4.59. The van der Waals surface area contributed by atoms with Crippen molar-refractivity contribution in [3.63, 3.8) is 0 Å². The average molecular weight is 417 g/mol. The number of anilines is 1. The summed E-state index contributed by atoms with van der Waals surface area (Å²) in [5.74, 6) is 1.33. The second-order valence-electron chi connectivity index (χ2n) is 6.58. The van der Waals surface area contributed by atoms with Gasteiger partial charge in [0.05, 0.1) is 21.3 Å². The summed E-state index contributed by atoms with van der Waals surface area (Å²) in [5, 5.41) is 2.85. The molecule has 0 radical (unpaired) electrons. The fourth-order valence-electron chi connectivity index (χ4n) is 2.92. The highest BCUT2D eigenvalue weighted by Crippen LogP contribution is 2.28. The molecule has 3 aromatic rings. The number of nitrogens with one attached hydrogen (secondary N) is 1. The molecule has 6 nitrogen and oxygen atoms in total. The van der Waals surface area contributed by atoms with Gasteiger partial charge in [-0.1, -0.05) is 18.2 Å². The van der Waals surface area contributed by atoms with Crippen LogP contribution in [0, 0.1) is 0 Å². The van der Waals surface area contributed by atoms with Gasteiger partial charge in [-0.15, -0.1) is 0 Å². The summed E-state index contributed by atoms with van der Waals surface area (Å²) in [4.78, 5) is 25.0. The summed E-state index contributed by atoms with van der Waals surface area (Å²) in [7, 11) is 4.64. The molecule has 0 bridgehead atoms. The summed E-state index contributed by atoms with van der Waals surface area (Å²) >= 11 is 0. The molecule has 31 heavy (non-hydrogen) atoms. The van der Waals surface area contributed by atoms with Crippen molar-refractivity contribution in [2.45, 2.75) is 0 Å². The first-order valence-electron chi connectivity index (χ1n) is 9.54. The van der Waals surface area contributed by atoms with Gasteiger partial charge in [-0.25, -0.2) is 0 Å². The van der Waals surface area contributed by atoms with Gasteiger partial charge in [0, 0.05) is 16.8 Å². The number of benzene rings is 3. The lowest BCUT2D eigenvalue weighted by Crippen LogP contribution is -2.11. The van der Waals surface area contributed by atoms with Crippen LogP contribution in [-0.2, 0) is 0 Å². The van der Waals surface area contributed by atoms with Crippen LogP contribution in [0.1, 0.15) is 26.3 Å². The Morgan fingerprint density at radius 2 is 1.48 bits per heavy atom. The first-order chi connectivity index (χ1) is 15.0. The first kappa shape index (κ1) is 21.6. The van der Waals surface area contributed by atoms with Crippen LogP contribution < -0.4 is 19.5 Å². The molecule has 0 atom stereocenters. The largest absolute Gasteiger partial charge is 0.497 e. The van der Waals surface area contributed by atoms with E-state index in [-0.39, 0.29) is 11.7 Å². The normalized spacial score (nSPS) is 10.5. The lowest BCUT2D eigenvalue weighted by Gasteiger charge is -2.08. The summed E-state index contributed by atoms with van der Waals surface area (Å²) in [6.45, 7) is 0. The smallest absolute Gasteiger partial charge is 0.255 e. The molecule has 0 aliphatic heterocycles. The quantitative estimate of drug-likeness (QED) is 0.418. The van der Waals surface area contributed by atoms with E-state index >= 15 is 0 Å². The molecule has 0 saturated carbocycles. The maximum absolute atomic E-state index is 12.5. The van der Waals surface area contributed by atoms with Crippen molar-refractivity contribution in [1.82, 2.24) is 0 Å². The van der Waals surface area contributed by atoms with Crippen molar-refractivity contribution in [2.24, 2.45) is 0 Å². The van der Waals surface area contributed by atoms with Gasteiger partial charge in [0.15, 0.2) is 17.3 Å². The van der Waals surface area contributed by atoms with Crippen LogP contribution in [0.15, 0.2) is 72.8 Å². The van der Waals surface area contributed by atoms with Crippen LogP contribution in [0.25, 0.3) is 6.08 Å². The highest BCUT2D eigenvalue weighted by atomic mass is 16.5. The molecule has 0 aliphatic rings. The zero-order valence-electron chi connectivity index (χ0n) is 17.5. The standard InChI is InChI=1S/C25H23NO5/c1-29-21-11-8-18(9-12-21)25(28)26-20-6-4-5-17(15-20)7-13-22(27)19-10-14-23(30-2)24(16-19)31-3/h4-16H,1-3H3,(H,26,28)/b13-7+. The van der Waals surface area contributed by atoms with Crippen LogP contribution in [0.4, 0.5) is 5.69 Å². The van der Waals surface area contributed by atoms with Crippen molar-refractivity contribution in [1.29, 1.82) is 0 Å². The second kappa shape index (κ2) is 10.1. The van der Waals surface area contributed by atoms with E-state index in [0.717, 1.165) is 5.56 Å². The number of hydrogen-bond acceptors (Lipinski definition) is 5. The number of amides is 1. The number of methoxy groups -OCH3 is 3. The van der Waals surface area contributed by atoms with Gasteiger partial charge in [-0.3, -0.25) is 9.59 Å². The molecule has 0 fully saturated rings. The number of allylic oxidation sites excluding steroid dienone is 1. The Balaban J connectivity index is 1.70. The van der Waals surface area contributed by atoms with E-state index in [1.165, 1.54) is 13.2 Å². The molecule has 0 heterocycles. The minimum Gasteiger partial charge on any atom is -0.497 e. The molecule has 0 spiro atoms. The van der Waals surface area contributed by atoms with Crippen LogP contribution in [-0.4, -0.2) is 33.0 Å². The number of carbonyl (C=O) groups is 2. The molecule has 1 amide bonds. The Bertz CT molecular complexity index is 1100. The third kappa shape index (κ3) is 5.51. The van der Waals surface area contributed by atoms with E-state index in [9.17, 15) is 9.59 Å². The highest BCUT2D eigenvalue weighted by molar-refractivity contribution is 6.07. The van der Waals surface area contributed by atoms with Crippen LogP contribution in [0.2, 0.25) is 0 Å². The SMILES string of the molecule is COc1ccc(C(=O)Nc2cccc(/C=C/C(=O)c3ccc(OC)c(OC)c3)c2)cc1. The minimum atomic E-state index is -0.231. The highest BCUT2D eigenvalue weighted by Gasteiger charge is 2.09. The summed E-state index contributed by atoms with van der Waals surface area (Å²) in [6.07, 6.45) is 3.17. The van der Waals surface area contributed by atoms with Gasteiger partial charge in [-0.05, 0) is 66.2 Å². The van der Waals surface area contributed by atoms with Gasteiger partial charge in [0.25, 0.3) is 5.91 Å². The van der Waals surface area contributed by atoms with Crippen molar-refractivity contribution < 1.29 is 23.8 Å². The van der Waals surface area contributed by atoms with Crippen molar-refractivity contribution in [3.05, 3.63) is 89.5 Å². The van der Waals surface area contributed by atoms with Crippen LogP contribution >= 0.6 is 0 Å². The van der Waals surface area contributed by atoms with E-state index in [1.54, 1.807) is 74.9 Å². The van der Waals surface area contributed by atoms with Gasteiger partial charge in [0.2, 0.25) is 0 Å². The zero-order valence-corrected chi connectivity index (χ0v) is 17.5. The number of hydrogen-bond donors (Lipinski definition) is 1. The van der Waals surface area contributed by atoms with E-state index in [0.29, 0.717) is 34.1 Å². The van der Waals surface area contributed by atoms with Gasteiger partial charge < -0.3 is 19.5 Å². The second-order valence-corrected chi connectivity index (χ2v) is 6.58. The summed E-state index contributed by atoms with van der Waals surface area (Å²) in [6, 6.07) is 19.1. The van der Waals surface area contributed by atoms with Gasteiger partial charge >= 0.3 is 0 Å². The average Bonchev–Trinajstić information content (AvgIpc) is 2.82. The van der Waals surface area contributed by atoms with Crippen molar-refractivity contribution in [3.8, 4) is 17.2 Å². The molecule has 0 unspecified atom stereocenters. The predicted molar refractivity (Wildman–Crippen MR) is 120 cm³/mol. The fourth-order valence-corrected chi connectivity index (χ4v) is 2.92. The number of ketones is 1. The Morgan fingerprint density at radius 3 is 2.16 bits per heavy atom. The number of carbonyl (C=O) groups excluding carboxylic acids is 2. The topological polar surface area (TPSA) is 73.9 Å². The van der Waals surface area contributed by atoms with Crippen LogP contribution in [0.3, 0.4) is 0 Å². The zero-order chi connectivity index (χ0) is 22.2. The molecule has 3 rings (SSSR count). The maximum atomic E-state index is 12.5. The molecule has 0 aliphatic carbocycles. The molecule has 0 saturated heterocycles. The third-order valence-electron chi connectivity index (χ3n) is 4.59. The van der Waals surface area contributed by atoms with Gasteiger partial charge in [0.1, 0.15) is 5.75 Å². The molecule has 3 aromatic carbocycles. The van der Waals surface area contributed by atoms with E-state index in [1.807, 2.05) is 12.1 Å². The lowest BCUT2D eigenvalue weighted by molar-refractivity contribution is 0.102. The van der Waals surface area contributed by atoms with Crippen LogP contribution in [0.5, 0.6) is 17.2 Å². The monoisotopic (exact) mass is 417 g/mol. The number of rotatable bonds is 8. The molecule has 0 aromatic heterocycles. The lowest BCUT2D eigenvalue weighted by atomic mass is 10.1. The van der Waals surface area contributed by atoms with E-state index in [2.05, 4.69) is 5.32 Å². The predicted octanol–water partition coefficient (Wildman–Crippen LogP) is 4.86. The minimum absolute atomic E-state index is 0.173. The molecule has 6 heteroatoms. The molecular formula is C25H23NO5. The molecule has 158 valence electrons. The molecule has 1 N–H and O–H groups in total. The van der Waals surface area contributed by atoms with E-state index in [4.69, 9.17) is 14.2 Å². The summed E-state index contributed by atoms with van der Waals surface area (Å²) < 4.78 is 15.5.